The van der Waals surface area contributed by atoms with Gasteiger partial charge in [0.2, 0.25) is 5.16 Å². The molecule has 1 aromatic rings. The standard InChI is InChI=1S/C10H18N4O2S/c15-7-6-14-10(11-12-13-14)17-9-5-3-1-2-4-8(9)16/h8-9,15-16H,1-7H2. The zero-order chi connectivity index (χ0) is 12.1. The minimum atomic E-state index is -0.276. The fourth-order valence-electron chi connectivity index (χ4n) is 2.04. The third-order valence-electron chi connectivity index (χ3n) is 2.99. The van der Waals surface area contributed by atoms with Gasteiger partial charge in [0.15, 0.2) is 0 Å². The first-order valence-electron chi connectivity index (χ1n) is 6.03. The number of hydrogen-bond donors (Lipinski definition) is 2. The monoisotopic (exact) mass is 258 g/mol. The lowest BCUT2D eigenvalue weighted by Crippen LogP contribution is -2.22. The number of nitrogens with zero attached hydrogens (tertiary/aromatic N) is 4. The van der Waals surface area contributed by atoms with E-state index in [9.17, 15) is 5.11 Å². The molecule has 7 heteroatoms. The first-order chi connectivity index (χ1) is 8.31. The van der Waals surface area contributed by atoms with E-state index in [4.69, 9.17) is 5.11 Å². The molecule has 0 radical (unpaired) electrons. The Balaban J connectivity index is 2.00. The molecule has 1 fully saturated rings. The number of aliphatic hydroxyl groups excluding tert-OH is 2. The molecule has 1 aliphatic carbocycles. The predicted molar refractivity (Wildman–Crippen MR) is 63.6 cm³/mol. The summed E-state index contributed by atoms with van der Waals surface area (Å²) in [5.41, 5.74) is 0. The maximum Gasteiger partial charge on any atom is 0.209 e. The molecule has 96 valence electrons. The van der Waals surface area contributed by atoms with Gasteiger partial charge in [0.05, 0.1) is 19.3 Å². The zero-order valence-electron chi connectivity index (χ0n) is 9.70. The Morgan fingerprint density at radius 3 is 2.94 bits per heavy atom. The topological polar surface area (TPSA) is 84.1 Å². The highest BCUT2D eigenvalue weighted by Crippen LogP contribution is 2.31. The molecule has 2 unspecified atom stereocenters. The van der Waals surface area contributed by atoms with E-state index in [-0.39, 0.29) is 18.0 Å². The number of tetrazole rings is 1. The summed E-state index contributed by atoms with van der Waals surface area (Å²) in [7, 11) is 0. The molecule has 17 heavy (non-hydrogen) atoms. The summed E-state index contributed by atoms with van der Waals surface area (Å²) in [5.74, 6) is 0. The van der Waals surface area contributed by atoms with Crippen molar-refractivity contribution in [3.8, 4) is 0 Å². The van der Waals surface area contributed by atoms with Crippen LogP contribution in [-0.4, -0.2) is 48.4 Å². The lowest BCUT2D eigenvalue weighted by Gasteiger charge is -2.18. The van der Waals surface area contributed by atoms with Gasteiger partial charge in [0.25, 0.3) is 0 Å². The van der Waals surface area contributed by atoms with E-state index in [0.717, 1.165) is 25.7 Å². The molecule has 0 spiro atoms. The highest BCUT2D eigenvalue weighted by Gasteiger charge is 2.24. The molecule has 1 aromatic heterocycles. The summed E-state index contributed by atoms with van der Waals surface area (Å²) in [5, 5.41) is 31.1. The van der Waals surface area contributed by atoms with Gasteiger partial charge in [0, 0.05) is 5.25 Å². The van der Waals surface area contributed by atoms with Crippen LogP contribution in [0.15, 0.2) is 5.16 Å². The van der Waals surface area contributed by atoms with Crippen molar-refractivity contribution in [3.05, 3.63) is 0 Å². The van der Waals surface area contributed by atoms with Gasteiger partial charge in [-0.3, -0.25) is 0 Å². The molecule has 2 atom stereocenters. The van der Waals surface area contributed by atoms with Crippen LogP contribution in [-0.2, 0) is 6.54 Å². The van der Waals surface area contributed by atoms with E-state index >= 15 is 0 Å². The lowest BCUT2D eigenvalue weighted by molar-refractivity contribution is 0.163. The Labute approximate surface area is 104 Å². The molecule has 0 amide bonds. The van der Waals surface area contributed by atoms with Crippen LogP contribution in [0.4, 0.5) is 0 Å². The fourth-order valence-corrected chi connectivity index (χ4v) is 3.22. The molecule has 2 rings (SSSR count). The van der Waals surface area contributed by atoms with Gasteiger partial charge in [-0.2, -0.15) is 0 Å². The van der Waals surface area contributed by atoms with Crippen LogP contribution < -0.4 is 0 Å². The van der Waals surface area contributed by atoms with Crippen molar-refractivity contribution < 1.29 is 10.2 Å². The Morgan fingerprint density at radius 1 is 1.29 bits per heavy atom. The molecule has 1 saturated carbocycles. The van der Waals surface area contributed by atoms with Crippen molar-refractivity contribution in [2.45, 2.75) is 55.2 Å². The van der Waals surface area contributed by atoms with Crippen LogP contribution in [0.1, 0.15) is 32.1 Å². The highest BCUT2D eigenvalue weighted by molar-refractivity contribution is 7.99. The number of rotatable bonds is 4. The van der Waals surface area contributed by atoms with Gasteiger partial charge in [-0.25, -0.2) is 4.68 Å². The second-order valence-corrected chi connectivity index (χ2v) is 5.48. The van der Waals surface area contributed by atoms with E-state index in [1.807, 2.05) is 0 Å². The first-order valence-corrected chi connectivity index (χ1v) is 6.91. The van der Waals surface area contributed by atoms with Crippen LogP contribution in [0.5, 0.6) is 0 Å². The minimum Gasteiger partial charge on any atom is -0.394 e. The van der Waals surface area contributed by atoms with Crippen LogP contribution in [0, 0.1) is 0 Å². The fraction of sp³-hybridized carbons (Fsp3) is 0.900. The summed E-state index contributed by atoms with van der Waals surface area (Å²) in [4.78, 5) is 0. The third kappa shape index (κ3) is 3.40. The second-order valence-electron chi connectivity index (χ2n) is 4.27. The summed E-state index contributed by atoms with van der Waals surface area (Å²) in [6.45, 7) is 0.421. The van der Waals surface area contributed by atoms with Crippen LogP contribution in [0.2, 0.25) is 0 Å². The summed E-state index contributed by atoms with van der Waals surface area (Å²) in [6, 6.07) is 0. The summed E-state index contributed by atoms with van der Waals surface area (Å²) in [6.07, 6.45) is 5.02. The molecule has 0 saturated heterocycles. The molecule has 0 aliphatic heterocycles. The van der Waals surface area contributed by atoms with Gasteiger partial charge < -0.3 is 10.2 Å². The molecule has 0 aromatic carbocycles. The minimum absolute atomic E-state index is 0.0197. The molecule has 6 nitrogen and oxygen atoms in total. The quantitative estimate of drug-likeness (QED) is 0.763. The Bertz CT molecular complexity index is 347. The molecular weight excluding hydrogens is 240 g/mol. The van der Waals surface area contributed by atoms with E-state index in [0.29, 0.717) is 11.7 Å². The maximum atomic E-state index is 10.0. The smallest absolute Gasteiger partial charge is 0.209 e. The predicted octanol–water partition coefficient (Wildman–Crippen LogP) is 0.451. The number of aliphatic hydroxyl groups is 2. The van der Waals surface area contributed by atoms with Gasteiger partial charge in [0.1, 0.15) is 0 Å². The van der Waals surface area contributed by atoms with E-state index < -0.39 is 0 Å². The van der Waals surface area contributed by atoms with Gasteiger partial charge in [-0.15, -0.1) is 5.10 Å². The largest absolute Gasteiger partial charge is 0.394 e. The Kier molecular flexibility index (Phi) is 4.75. The average Bonchev–Trinajstić information content (AvgIpc) is 2.64. The number of hydrogen-bond acceptors (Lipinski definition) is 6. The van der Waals surface area contributed by atoms with Crippen molar-refractivity contribution in [3.63, 3.8) is 0 Å². The Morgan fingerprint density at radius 2 is 2.12 bits per heavy atom. The van der Waals surface area contributed by atoms with Crippen molar-refractivity contribution >= 4 is 11.8 Å². The molecular formula is C10H18N4O2S. The average molecular weight is 258 g/mol. The third-order valence-corrected chi connectivity index (χ3v) is 4.34. The molecule has 2 N–H and O–H groups in total. The van der Waals surface area contributed by atoms with E-state index in [1.165, 1.54) is 18.2 Å². The van der Waals surface area contributed by atoms with Crippen molar-refractivity contribution in [2.24, 2.45) is 0 Å². The first kappa shape index (κ1) is 12.8. The molecule has 1 aliphatic rings. The number of aromatic nitrogens is 4. The molecule has 0 bridgehead atoms. The zero-order valence-corrected chi connectivity index (χ0v) is 10.5. The van der Waals surface area contributed by atoms with Crippen LogP contribution in [0.3, 0.4) is 0 Å². The van der Waals surface area contributed by atoms with Crippen LogP contribution >= 0.6 is 11.8 Å². The second kappa shape index (κ2) is 6.32. The SMILES string of the molecule is OCCn1nnnc1SC1CCCCCC1O. The van der Waals surface area contributed by atoms with Gasteiger partial charge in [-0.1, -0.05) is 31.0 Å². The Hall–Kier alpha value is -0.660. The van der Waals surface area contributed by atoms with Crippen molar-refractivity contribution in [1.82, 2.24) is 20.2 Å². The summed E-state index contributed by atoms with van der Waals surface area (Å²) >= 11 is 1.52. The van der Waals surface area contributed by atoms with E-state index in [1.54, 1.807) is 4.68 Å². The van der Waals surface area contributed by atoms with Gasteiger partial charge in [-0.05, 0) is 23.3 Å². The van der Waals surface area contributed by atoms with Crippen molar-refractivity contribution in [1.29, 1.82) is 0 Å². The van der Waals surface area contributed by atoms with Crippen LogP contribution in [0.25, 0.3) is 0 Å². The number of thioether (sulfide) groups is 1. The van der Waals surface area contributed by atoms with Gasteiger partial charge >= 0.3 is 0 Å². The lowest BCUT2D eigenvalue weighted by atomic mass is 10.1. The summed E-state index contributed by atoms with van der Waals surface area (Å²) < 4.78 is 1.59. The molecule has 1 heterocycles. The van der Waals surface area contributed by atoms with Crippen molar-refractivity contribution in [2.75, 3.05) is 6.61 Å². The highest BCUT2D eigenvalue weighted by atomic mass is 32.2. The maximum absolute atomic E-state index is 10.0. The normalized spacial score (nSPS) is 25.8. The van der Waals surface area contributed by atoms with E-state index in [2.05, 4.69) is 15.5 Å².